The van der Waals surface area contributed by atoms with Gasteiger partial charge in [-0.05, 0) is 18.1 Å². The summed E-state index contributed by atoms with van der Waals surface area (Å²) < 4.78 is 0. The summed E-state index contributed by atoms with van der Waals surface area (Å²) in [6, 6.07) is 7.95. The van der Waals surface area contributed by atoms with Gasteiger partial charge in [-0.2, -0.15) is 0 Å². The van der Waals surface area contributed by atoms with Crippen molar-refractivity contribution in [3.63, 3.8) is 0 Å². The van der Waals surface area contributed by atoms with Crippen LogP contribution in [0.1, 0.15) is 12.5 Å². The third kappa shape index (κ3) is 2.33. The van der Waals surface area contributed by atoms with E-state index < -0.39 is 0 Å². The lowest BCUT2D eigenvalue weighted by molar-refractivity contribution is -0.119. The first-order valence-corrected chi connectivity index (χ1v) is 5.89. The number of fused-ring (bicyclic) bond motifs is 1. The van der Waals surface area contributed by atoms with E-state index >= 15 is 0 Å². The maximum absolute atomic E-state index is 11.2. The van der Waals surface area contributed by atoms with Crippen molar-refractivity contribution in [3.05, 3.63) is 29.8 Å². The minimum absolute atomic E-state index is 0.111. The van der Waals surface area contributed by atoms with E-state index in [2.05, 4.69) is 20.6 Å². The molecule has 0 saturated heterocycles. The fourth-order valence-corrected chi connectivity index (χ4v) is 1.50. The van der Waals surface area contributed by atoms with Gasteiger partial charge in [-0.3, -0.25) is 4.79 Å². The summed E-state index contributed by atoms with van der Waals surface area (Å²) in [4.78, 5) is 11.2. The van der Waals surface area contributed by atoms with Gasteiger partial charge in [-0.25, -0.2) is 0 Å². The van der Waals surface area contributed by atoms with Crippen LogP contribution in [-0.2, 0) is 11.2 Å². The number of hydrogen-bond donors (Lipinski definition) is 1. The predicted molar refractivity (Wildman–Crippen MR) is 63.6 cm³/mol. The molecule has 3 heteroatoms. The predicted octanol–water partition coefficient (Wildman–Crippen LogP) is 2.31. The molecule has 0 aromatic heterocycles. The fourth-order valence-electron chi connectivity index (χ4n) is 1.50. The highest BCUT2D eigenvalue weighted by Gasteiger charge is 2.20. The Hall–Kier alpha value is -0.880. The number of rotatable bonds is 0. The van der Waals surface area contributed by atoms with Gasteiger partial charge >= 0.3 is 0 Å². The number of carbonyl (C=O) groups is 1. The van der Waals surface area contributed by atoms with E-state index in [1.807, 2.05) is 31.8 Å². The van der Waals surface area contributed by atoms with Crippen LogP contribution in [-0.4, -0.2) is 12.6 Å². The molecule has 0 fully saturated rings. The van der Waals surface area contributed by atoms with Gasteiger partial charge in [0.1, 0.15) is 0 Å². The van der Waals surface area contributed by atoms with Gasteiger partial charge in [0, 0.05) is 11.6 Å². The van der Waals surface area contributed by atoms with Crippen molar-refractivity contribution in [3.8, 4) is 0 Å². The SMILES string of the molecule is CC1Cc2ccccc2NC1=O.CP. The number of benzene rings is 1. The molecule has 76 valence electrons. The standard InChI is InChI=1S/C10H11NO.CH5P/c1-7-6-8-4-2-3-5-9(8)11-10(7)12;1-2/h2-5,7H,6H2,1H3,(H,11,12);2H2,1H3. The molecule has 2 atom stereocenters. The molecule has 0 aliphatic carbocycles. The molecule has 2 rings (SSSR count). The molecule has 0 radical (unpaired) electrons. The molecule has 1 amide bonds. The quantitative estimate of drug-likeness (QED) is 0.653. The highest BCUT2D eigenvalue weighted by Crippen LogP contribution is 2.24. The third-order valence-electron chi connectivity index (χ3n) is 2.25. The zero-order valence-electron chi connectivity index (χ0n) is 8.58. The molecule has 0 spiro atoms. The molecule has 1 aliphatic heterocycles. The first-order chi connectivity index (χ1) is 6.77. The van der Waals surface area contributed by atoms with Crippen LogP contribution in [0.5, 0.6) is 0 Å². The second-order valence-electron chi connectivity index (χ2n) is 3.25. The van der Waals surface area contributed by atoms with Crippen LogP contribution in [0, 0.1) is 5.92 Å². The van der Waals surface area contributed by atoms with Gasteiger partial charge < -0.3 is 5.32 Å². The second kappa shape index (κ2) is 5.11. The Morgan fingerprint density at radius 1 is 1.36 bits per heavy atom. The van der Waals surface area contributed by atoms with Crippen molar-refractivity contribution < 1.29 is 4.79 Å². The van der Waals surface area contributed by atoms with Crippen molar-refractivity contribution in [2.45, 2.75) is 13.3 Å². The van der Waals surface area contributed by atoms with Crippen LogP contribution >= 0.6 is 9.24 Å². The number of carbonyl (C=O) groups excluding carboxylic acids is 1. The van der Waals surface area contributed by atoms with Crippen molar-refractivity contribution in [1.82, 2.24) is 0 Å². The molecular formula is C11H16NOP. The Labute approximate surface area is 87.3 Å². The van der Waals surface area contributed by atoms with E-state index in [0.717, 1.165) is 12.1 Å². The molecule has 0 bridgehead atoms. The lowest BCUT2D eigenvalue weighted by Gasteiger charge is -2.21. The number of amides is 1. The van der Waals surface area contributed by atoms with Crippen LogP contribution in [0.15, 0.2) is 24.3 Å². The maximum atomic E-state index is 11.2. The number of anilines is 1. The lowest BCUT2D eigenvalue weighted by atomic mass is 9.95. The fraction of sp³-hybridized carbons (Fsp3) is 0.364. The molecule has 14 heavy (non-hydrogen) atoms. The maximum Gasteiger partial charge on any atom is 0.227 e. The summed E-state index contributed by atoms with van der Waals surface area (Å²) in [5.41, 5.74) is 2.21. The monoisotopic (exact) mass is 209 g/mol. The van der Waals surface area contributed by atoms with Crippen molar-refractivity contribution in [2.24, 2.45) is 5.92 Å². The largest absolute Gasteiger partial charge is 0.326 e. The van der Waals surface area contributed by atoms with E-state index in [1.165, 1.54) is 5.56 Å². The van der Waals surface area contributed by atoms with Gasteiger partial charge in [0.15, 0.2) is 0 Å². The van der Waals surface area contributed by atoms with Crippen LogP contribution in [0.3, 0.4) is 0 Å². The summed E-state index contributed by atoms with van der Waals surface area (Å²) in [5.74, 6) is 0.244. The minimum Gasteiger partial charge on any atom is -0.326 e. The van der Waals surface area contributed by atoms with Gasteiger partial charge in [-0.15, -0.1) is 9.24 Å². The van der Waals surface area contributed by atoms with Crippen LogP contribution in [0.25, 0.3) is 0 Å². The average Bonchev–Trinajstić information content (AvgIpc) is 2.23. The molecule has 1 aliphatic rings. The number of nitrogens with one attached hydrogen (secondary N) is 1. The first-order valence-electron chi connectivity index (χ1n) is 4.74. The summed E-state index contributed by atoms with van der Waals surface area (Å²) in [7, 11) is 2.42. The summed E-state index contributed by atoms with van der Waals surface area (Å²) in [5, 5.41) is 2.87. The Morgan fingerprint density at radius 3 is 2.71 bits per heavy atom. The van der Waals surface area contributed by atoms with Crippen molar-refractivity contribution in [2.75, 3.05) is 12.0 Å². The van der Waals surface area contributed by atoms with Crippen LogP contribution in [0.4, 0.5) is 5.69 Å². The summed E-state index contributed by atoms with van der Waals surface area (Å²) in [6.07, 6.45) is 0.863. The van der Waals surface area contributed by atoms with Gasteiger partial charge in [0.05, 0.1) is 0 Å². The van der Waals surface area contributed by atoms with Gasteiger partial charge in [0.25, 0.3) is 0 Å². The molecule has 2 unspecified atom stereocenters. The second-order valence-corrected chi connectivity index (χ2v) is 3.25. The Bertz CT molecular complexity index is 325. The highest BCUT2D eigenvalue weighted by molar-refractivity contribution is 7.15. The van der Waals surface area contributed by atoms with Crippen LogP contribution < -0.4 is 5.32 Å². The molecule has 1 aromatic carbocycles. The lowest BCUT2D eigenvalue weighted by Crippen LogP contribution is -2.27. The normalized spacial score (nSPS) is 18.8. The Kier molecular flexibility index (Phi) is 4.09. The average molecular weight is 209 g/mol. The molecule has 1 N–H and O–H groups in total. The van der Waals surface area contributed by atoms with E-state index in [-0.39, 0.29) is 11.8 Å². The van der Waals surface area contributed by atoms with E-state index in [0.29, 0.717) is 0 Å². The highest BCUT2D eigenvalue weighted by atomic mass is 31.0. The van der Waals surface area contributed by atoms with E-state index in [1.54, 1.807) is 0 Å². The van der Waals surface area contributed by atoms with E-state index in [4.69, 9.17) is 0 Å². The molecule has 0 saturated carbocycles. The number of para-hydroxylation sites is 1. The smallest absolute Gasteiger partial charge is 0.227 e. The van der Waals surface area contributed by atoms with E-state index in [9.17, 15) is 4.79 Å². The minimum atomic E-state index is 0.111. The first kappa shape index (κ1) is 11.2. The van der Waals surface area contributed by atoms with Gasteiger partial charge in [-0.1, -0.05) is 31.8 Å². The summed E-state index contributed by atoms with van der Waals surface area (Å²) in [6.45, 7) is 3.87. The van der Waals surface area contributed by atoms with Crippen molar-refractivity contribution in [1.29, 1.82) is 0 Å². The topological polar surface area (TPSA) is 29.1 Å². The Morgan fingerprint density at radius 2 is 2.00 bits per heavy atom. The molecule has 1 heterocycles. The number of hydrogen-bond acceptors (Lipinski definition) is 1. The van der Waals surface area contributed by atoms with Crippen molar-refractivity contribution >= 4 is 20.8 Å². The molecular weight excluding hydrogens is 193 g/mol. The van der Waals surface area contributed by atoms with Gasteiger partial charge in [0.2, 0.25) is 5.91 Å². The Balaban J connectivity index is 0.000000461. The molecule has 1 aromatic rings. The van der Waals surface area contributed by atoms with Crippen LogP contribution in [0.2, 0.25) is 0 Å². The summed E-state index contributed by atoms with van der Waals surface area (Å²) >= 11 is 0. The molecule has 2 nitrogen and oxygen atoms in total. The zero-order chi connectivity index (χ0) is 10.6. The zero-order valence-corrected chi connectivity index (χ0v) is 9.73. The third-order valence-corrected chi connectivity index (χ3v) is 2.25.